The van der Waals surface area contributed by atoms with Crippen LogP contribution >= 0.6 is 0 Å². The van der Waals surface area contributed by atoms with E-state index in [1.807, 2.05) is 92.0 Å². The van der Waals surface area contributed by atoms with Crippen molar-refractivity contribution in [2.45, 2.75) is 0 Å². The fourth-order valence-corrected chi connectivity index (χ4v) is 4.97. The highest BCUT2D eigenvalue weighted by Crippen LogP contribution is 2.32. The average Bonchev–Trinajstić information content (AvgIpc) is 3.62. The molecule has 0 bridgehead atoms. The van der Waals surface area contributed by atoms with Gasteiger partial charge in [-0.25, -0.2) is 0 Å². The van der Waals surface area contributed by atoms with E-state index >= 15 is 0 Å². The first-order chi connectivity index (χ1) is 17.6. The van der Waals surface area contributed by atoms with Crippen LogP contribution in [0.1, 0.15) is 32.2 Å². The van der Waals surface area contributed by atoms with Gasteiger partial charge in [-0.3, -0.25) is 9.59 Å². The lowest BCUT2D eigenvalue weighted by molar-refractivity contribution is 0.100. The predicted octanol–water partition coefficient (Wildman–Crippen LogP) is 7.29. The number of nitrogens with zero attached hydrogens (tertiary/aromatic N) is 1. The molecule has 5 heteroatoms. The van der Waals surface area contributed by atoms with E-state index in [9.17, 15) is 9.59 Å². The molecule has 5 nitrogen and oxygen atoms in total. The zero-order chi connectivity index (χ0) is 24.4. The van der Waals surface area contributed by atoms with E-state index in [4.69, 9.17) is 8.83 Å². The normalized spacial score (nSPS) is 11.7. The van der Waals surface area contributed by atoms with Crippen molar-refractivity contribution in [3.8, 4) is 0 Å². The van der Waals surface area contributed by atoms with Gasteiger partial charge in [0.25, 0.3) is 0 Å². The minimum atomic E-state index is -0.181. The zero-order valence-corrected chi connectivity index (χ0v) is 19.3. The molecule has 0 saturated heterocycles. The van der Waals surface area contributed by atoms with Crippen molar-refractivity contribution in [1.82, 2.24) is 4.57 Å². The summed E-state index contributed by atoms with van der Waals surface area (Å²) in [5.41, 5.74) is 4.37. The first kappa shape index (κ1) is 20.5. The molecule has 0 saturated carbocycles. The summed E-state index contributed by atoms with van der Waals surface area (Å²) >= 11 is 0. The van der Waals surface area contributed by atoms with Gasteiger partial charge in [0.05, 0.1) is 0 Å². The number of carbonyl (C=O) groups excluding carboxylic acids is 2. The molecule has 36 heavy (non-hydrogen) atoms. The Kier molecular flexibility index (Phi) is 4.29. The predicted molar refractivity (Wildman–Crippen MR) is 140 cm³/mol. The molecule has 0 unspecified atom stereocenters. The zero-order valence-electron chi connectivity index (χ0n) is 19.3. The molecule has 0 N–H and O–H groups in total. The van der Waals surface area contributed by atoms with E-state index < -0.39 is 0 Å². The number of hydrogen-bond donors (Lipinski definition) is 0. The number of aryl methyl sites for hydroxylation is 1. The molecule has 0 aliphatic heterocycles. The van der Waals surface area contributed by atoms with Crippen LogP contribution in [0.2, 0.25) is 0 Å². The van der Waals surface area contributed by atoms with Crippen molar-refractivity contribution in [1.29, 1.82) is 0 Å². The molecule has 0 amide bonds. The molecular weight excluding hydrogens is 450 g/mol. The fraction of sp³-hybridized carbons (Fsp3) is 0.0323. The van der Waals surface area contributed by atoms with Crippen LogP contribution in [0.15, 0.2) is 106 Å². The Morgan fingerprint density at radius 1 is 0.583 bits per heavy atom. The van der Waals surface area contributed by atoms with Gasteiger partial charge in [0.15, 0.2) is 11.5 Å². The molecule has 3 aromatic heterocycles. The van der Waals surface area contributed by atoms with Crippen molar-refractivity contribution in [3.05, 3.63) is 120 Å². The largest absolute Gasteiger partial charge is 0.453 e. The summed E-state index contributed by atoms with van der Waals surface area (Å²) in [5.74, 6) is 0.243. The molecule has 0 radical (unpaired) electrons. The Morgan fingerprint density at radius 3 is 1.47 bits per heavy atom. The van der Waals surface area contributed by atoms with Crippen molar-refractivity contribution in [3.63, 3.8) is 0 Å². The third kappa shape index (κ3) is 3.03. The minimum absolute atomic E-state index is 0.181. The molecular formula is C31H19NO4. The van der Waals surface area contributed by atoms with E-state index in [0.29, 0.717) is 33.8 Å². The summed E-state index contributed by atoms with van der Waals surface area (Å²) in [5, 5.41) is 3.57. The van der Waals surface area contributed by atoms with Crippen molar-refractivity contribution >= 4 is 55.3 Å². The van der Waals surface area contributed by atoms with Gasteiger partial charge in [-0.1, -0.05) is 36.4 Å². The Morgan fingerprint density at radius 2 is 1.03 bits per heavy atom. The molecule has 7 rings (SSSR count). The Bertz CT molecular complexity index is 1790. The summed E-state index contributed by atoms with van der Waals surface area (Å²) < 4.78 is 13.7. The highest BCUT2D eigenvalue weighted by molar-refractivity contribution is 6.17. The van der Waals surface area contributed by atoms with Gasteiger partial charge in [-0.05, 0) is 60.7 Å². The van der Waals surface area contributed by atoms with Crippen molar-refractivity contribution in [2.24, 2.45) is 7.05 Å². The minimum Gasteiger partial charge on any atom is -0.453 e. The van der Waals surface area contributed by atoms with Gasteiger partial charge in [-0.15, -0.1) is 0 Å². The van der Waals surface area contributed by atoms with Gasteiger partial charge in [-0.2, -0.15) is 0 Å². The van der Waals surface area contributed by atoms with E-state index in [0.717, 1.165) is 32.6 Å². The van der Waals surface area contributed by atoms with Crippen molar-refractivity contribution in [2.75, 3.05) is 0 Å². The van der Waals surface area contributed by atoms with Crippen LogP contribution in [0.3, 0.4) is 0 Å². The molecule has 4 aromatic carbocycles. The highest BCUT2D eigenvalue weighted by Gasteiger charge is 2.19. The van der Waals surface area contributed by atoms with Crippen molar-refractivity contribution < 1.29 is 18.4 Å². The summed E-state index contributed by atoms with van der Waals surface area (Å²) in [6.07, 6.45) is 0. The van der Waals surface area contributed by atoms with Crippen LogP contribution in [0.4, 0.5) is 0 Å². The van der Waals surface area contributed by atoms with Crippen LogP contribution in [-0.2, 0) is 7.05 Å². The third-order valence-electron chi connectivity index (χ3n) is 6.83. The lowest BCUT2D eigenvalue weighted by atomic mass is 10.0. The van der Waals surface area contributed by atoms with Crippen LogP contribution in [0.5, 0.6) is 0 Å². The van der Waals surface area contributed by atoms with Gasteiger partial charge < -0.3 is 13.4 Å². The highest BCUT2D eigenvalue weighted by atomic mass is 16.3. The summed E-state index contributed by atoms with van der Waals surface area (Å²) in [7, 11) is 1.98. The number of para-hydroxylation sites is 2. The number of rotatable bonds is 4. The van der Waals surface area contributed by atoms with Gasteiger partial charge in [0.1, 0.15) is 11.2 Å². The first-order valence-corrected chi connectivity index (χ1v) is 11.7. The monoisotopic (exact) mass is 469 g/mol. The van der Waals surface area contributed by atoms with E-state index in [1.54, 1.807) is 12.1 Å². The second-order valence-corrected chi connectivity index (χ2v) is 8.98. The third-order valence-corrected chi connectivity index (χ3v) is 6.83. The molecule has 0 aliphatic carbocycles. The molecule has 0 fully saturated rings. The van der Waals surface area contributed by atoms with Crippen LogP contribution < -0.4 is 0 Å². The summed E-state index contributed by atoms with van der Waals surface area (Å²) in [6, 6.07) is 29.9. The maximum absolute atomic E-state index is 13.3. The standard InChI is InChI=1S/C31H19NO4/c1-32-24-12-10-20(30(33)28-16-18-6-2-4-8-26(18)35-28)14-22(24)23-15-21(11-13-25(23)32)31(34)29-17-19-7-3-5-9-27(19)36-29/h2-17H,1H3. The Hall–Kier alpha value is -4.90. The van der Waals surface area contributed by atoms with E-state index in [2.05, 4.69) is 4.57 Å². The molecule has 0 atom stereocenters. The number of hydrogen-bond acceptors (Lipinski definition) is 4. The number of ketones is 2. The summed E-state index contributed by atoms with van der Waals surface area (Å²) in [4.78, 5) is 26.6. The van der Waals surface area contributed by atoms with E-state index in [-0.39, 0.29) is 11.6 Å². The average molecular weight is 469 g/mol. The van der Waals surface area contributed by atoms with Crippen LogP contribution in [-0.4, -0.2) is 16.1 Å². The number of carbonyl (C=O) groups is 2. The SMILES string of the molecule is Cn1c2ccc(C(=O)c3cc4ccccc4o3)cc2c2cc(C(=O)c3cc4ccccc4o3)ccc21. The first-order valence-electron chi connectivity index (χ1n) is 11.7. The number of furan rings is 2. The second kappa shape index (κ2) is 7.55. The number of aromatic nitrogens is 1. The molecule has 0 aliphatic rings. The van der Waals surface area contributed by atoms with Gasteiger partial charge in [0, 0.05) is 50.8 Å². The number of fused-ring (bicyclic) bond motifs is 5. The Labute approximate surface area is 205 Å². The second-order valence-electron chi connectivity index (χ2n) is 8.98. The molecule has 3 heterocycles. The van der Waals surface area contributed by atoms with Crippen LogP contribution in [0.25, 0.3) is 43.7 Å². The fourth-order valence-electron chi connectivity index (χ4n) is 4.97. The topological polar surface area (TPSA) is 65.3 Å². The quantitative estimate of drug-likeness (QED) is 0.254. The smallest absolute Gasteiger partial charge is 0.228 e. The van der Waals surface area contributed by atoms with Crippen LogP contribution in [0, 0.1) is 0 Å². The molecule has 7 aromatic rings. The van der Waals surface area contributed by atoms with Gasteiger partial charge >= 0.3 is 0 Å². The Balaban J connectivity index is 1.34. The molecule has 0 spiro atoms. The van der Waals surface area contributed by atoms with Gasteiger partial charge in [0.2, 0.25) is 11.6 Å². The lowest BCUT2D eigenvalue weighted by Crippen LogP contribution is -1.99. The maximum atomic E-state index is 13.3. The number of benzene rings is 4. The maximum Gasteiger partial charge on any atom is 0.228 e. The molecule has 172 valence electrons. The van der Waals surface area contributed by atoms with E-state index in [1.165, 1.54) is 0 Å². The lowest BCUT2D eigenvalue weighted by Gasteiger charge is -2.00. The summed E-state index contributed by atoms with van der Waals surface area (Å²) in [6.45, 7) is 0.